The average Bonchev–Trinajstić information content (AvgIpc) is 3.02. The molecule has 2 aromatic rings. The van der Waals surface area contributed by atoms with Crippen LogP contribution in [0.1, 0.15) is 40.6 Å². The highest BCUT2D eigenvalue weighted by molar-refractivity contribution is 5.93. The van der Waals surface area contributed by atoms with Gasteiger partial charge in [0.15, 0.2) is 5.76 Å². The largest absolute Gasteiger partial charge is 0.459 e. The van der Waals surface area contributed by atoms with Crippen molar-refractivity contribution in [3.05, 3.63) is 59.0 Å². The molecule has 134 valence electrons. The Kier molecular flexibility index (Phi) is 5.59. The lowest BCUT2D eigenvalue weighted by Gasteiger charge is -2.39. The third kappa shape index (κ3) is 4.13. The van der Waals surface area contributed by atoms with Gasteiger partial charge in [0.05, 0.1) is 6.26 Å². The van der Waals surface area contributed by atoms with Gasteiger partial charge in [-0.05, 0) is 57.4 Å². The van der Waals surface area contributed by atoms with Crippen LogP contribution < -0.4 is 0 Å². The molecule has 1 aliphatic heterocycles. The van der Waals surface area contributed by atoms with E-state index >= 15 is 0 Å². The van der Waals surface area contributed by atoms with Gasteiger partial charge in [-0.2, -0.15) is 0 Å². The lowest BCUT2D eigenvalue weighted by molar-refractivity contribution is 0.0458. The van der Waals surface area contributed by atoms with Gasteiger partial charge in [0.1, 0.15) is 0 Å². The Balaban J connectivity index is 1.49. The Morgan fingerprint density at radius 3 is 2.64 bits per heavy atom. The summed E-state index contributed by atoms with van der Waals surface area (Å²) in [6.45, 7) is 9.94. The first-order valence-electron chi connectivity index (χ1n) is 9.18. The number of aryl methyl sites for hydroxylation is 3. The molecule has 2 heterocycles. The van der Waals surface area contributed by atoms with E-state index in [2.05, 4.69) is 43.0 Å². The molecule has 0 N–H and O–H groups in total. The van der Waals surface area contributed by atoms with Crippen LogP contribution in [0.4, 0.5) is 0 Å². The Hall–Kier alpha value is -2.07. The van der Waals surface area contributed by atoms with E-state index < -0.39 is 0 Å². The van der Waals surface area contributed by atoms with Crippen LogP contribution in [0.2, 0.25) is 0 Å². The summed E-state index contributed by atoms with van der Waals surface area (Å²) in [6.07, 6.45) is 3.86. The molecule has 25 heavy (non-hydrogen) atoms. The number of piperazine rings is 1. The zero-order chi connectivity index (χ0) is 17.8. The van der Waals surface area contributed by atoms with Crippen molar-refractivity contribution in [3.63, 3.8) is 0 Å². The molecular weight excluding hydrogens is 312 g/mol. The normalized spacial score (nSPS) is 18.5. The van der Waals surface area contributed by atoms with E-state index in [1.165, 1.54) is 11.1 Å². The third-order valence-electron chi connectivity index (χ3n) is 5.21. The third-order valence-corrected chi connectivity index (χ3v) is 5.21. The summed E-state index contributed by atoms with van der Waals surface area (Å²) in [5.74, 6) is 0.509. The number of carbonyl (C=O) groups is 1. The molecule has 1 fully saturated rings. The summed E-state index contributed by atoms with van der Waals surface area (Å²) >= 11 is 0. The summed E-state index contributed by atoms with van der Waals surface area (Å²) in [5, 5.41) is 0. The highest BCUT2D eigenvalue weighted by atomic mass is 16.3. The fourth-order valence-electron chi connectivity index (χ4n) is 3.64. The molecule has 1 atom stereocenters. The van der Waals surface area contributed by atoms with Crippen LogP contribution in [0.5, 0.6) is 0 Å². The minimum atomic E-state index is 0.0227. The summed E-state index contributed by atoms with van der Waals surface area (Å²) in [7, 11) is 0. The lowest BCUT2D eigenvalue weighted by atomic mass is 10.0. The molecule has 1 saturated heterocycles. The van der Waals surface area contributed by atoms with Crippen LogP contribution in [-0.2, 0) is 6.42 Å². The topological polar surface area (TPSA) is 36.7 Å². The Bertz CT molecular complexity index is 722. The zero-order valence-corrected chi connectivity index (χ0v) is 15.5. The maximum atomic E-state index is 12.6. The molecule has 4 heteroatoms. The molecule has 1 aromatic carbocycles. The first-order chi connectivity index (χ1) is 12.1. The van der Waals surface area contributed by atoms with E-state index in [0.29, 0.717) is 5.76 Å². The monoisotopic (exact) mass is 340 g/mol. The number of nitrogens with zero attached hydrogens (tertiary/aromatic N) is 2. The van der Waals surface area contributed by atoms with E-state index in [0.717, 1.165) is 44.6 Å². The predicted octanol–water partition coefficient (Wildman–Crippen LogP) is 3.68. The van der Waals surface area contributed by atoms with Crippen molar-refractivity contribution in [1.29, 1.82) is 0 Å². The molecule has 0 radical (unpaired) electrons. The highest BCUT2D eigenvalue weighted by Crippen LogP contribution is 2.18. The second-order valence-electron chi connectivity index (χ2n) is 7.11. The van der Waals surface area contributed by atoms with E-state index in [9.17, 15) is 4.79 Å². The molecule has 0 aliphatic carbocycles. The quantitative estimate of drug-likeness (QED) is 0.833. The molecular formula is C21H28N2O2. The van der Waals surface area contributed by atoms with Gasteiger partial charge in [-0.1, -0.05) is 24.3 Å². The van der Waals surface area contributed by atoms with Crippen LogP contribution in [0.3, 0.4) is 0 Å². The number of hydrogen-bond acceptors (Lipinski definition) is 3. The summed E-state index contributed by atoms with van der Waals surface area (Å²) in [4.78, 5) is 17.1. The fourth-order valence-corrected chi connectivity index (χ4v) is 3.64. The van der Waals surface area contributed by atoms with Crippen LogP contribution in [-0.4, -0.2) is 47.9 Å². The SMILES string of the molecule is Cc1ccccc1CCCN1CCN(C(=O)c2occc2C)C(C)C1. The molecule has 1 amide bonds. The van der Waals surface area contributed by atoms with Gasteiger partial charge < -0.3 is 9.32 Å². The van der Waals surface area contributed by atoms with Gasteiger partial charge in [0, 0.05) is 31.2 Å². The Morgan fingerprint density at radius 2 is 1.96 bits per heavy atom. The van der Waals surface area contributed by atoms with E-state index in [-0.39, 0.29) is 11.9 Å². The molecule has 4 nitrogen and oxygen atoms in total. The van der Waals surface area contributed by atoms with Crippen molar-refractivity contribution in [2.24, 2.45) is 0 Å². The summed E-state index contributed by atoms with van der Waals surface area (Å²) in [5.41, 5.74) is 3.73. The Labute approximate surface area is 150 Å². The highest BCUT2D eigenvalue weighted by Gasteiger charge is 2.29. The second-order valence-corrected chi connectivity index (χ2v) is 7.11. The predicted molar refractivity (Wildman–Crippen MR) is 99.9 cm³/mol. The van der Waals surface area contributed by atoms with Crippen molar-refractivity contribution in [2.75, 3.05) is 26.2 Å². The molecule has 1 unspecified atom stereocenters. The van der Waals surface area contributed by atoms with Crippen molar-refractivity contribution < 1.29 is 9.21 Å². The molecule has 0 bridgehead atoms. The van der Waals surface area contributed by atoms with Crippen LogP contribution in [0.15, 0.2) is 41.0 Å². The van der Waals surface area contributed by atoms with Crippen LogP contribution >= 0.6 is 0 Å². The number of rotatable bonds is 5. The van der Waals surface area contributed by atoms with Gasteiger partial charge in [0.2, 0.25) is 0 Å². The fraction of sp³-hybridized carbons (Fsp3) is 0.476. The van der Waals surface area contributed by atoms with Gasteiger partial charge >= 0.3 is 0 Å². The first kappa shape index (κ1) is 17.7. The zero-order valence-electron chi connectivity index (χ0n) is 15.5. The van der Waals surface area contributed by atoms with Gasteiger partial charge in [-0.15, -0.1) is 0 Å². The Morgan fingerprint density at radius 1 is 1.16 bits per heavy atom. The maximum absolute atomic E-state index is 12.6. The summed E-state index contributed by atoms with van der Waals surface area (Å²) in [6, 6.07) is 10.7. The van der Waals surface area contributed by atoms with Gasteiger partial charge in [-0.3, -0.25) is 9.69 Å². The molecule has 3 rings (SSSR count). The van der Waals surface area contributed by atoms with Gasteiger partial charge in [0.25, 0.3) is 5.91 Å². The van der Waals surface area contributed by atoms with Gasteiger partial charge in [-0.25, -0.2) is 0 Å². The number of hydrogen-bond donors (Lipinski definition) is 0. The molecule has 0 saturated carbocycles. The van der Waals surface area contributed by atoms with Crippen LogP contribution in [0.25, 0.3) is 0 Å². The summed E-state index contributed by atoms with van der Waals surface area (Å²) < 4.78 is 5.37. The maximum Gasteiger partial charge on any atom is 0.290 e. The standard InChI is InChI=1S/C21H28N2O2/c1-16-7-4-5-8-19(16)9-6-11-22-12-13-23(18(3)15-22)21(24)20-17(2)10-14-25-20/h4-5,7-8,10,14,18H,6,9,11-13,15H2,1-3H3. The molecule has 1 aromatic heterocycles. The number of carbonyl (C=O) groups excluding carboxylic acids is 1. The average molecular weight is 340 g/mol. The van der Waals surface area contributed by atoms with Crippen molar-refractivity contribution >= 4 is 5.91 Å². The van der Waals surface area contributed by atoms with Crippen molar-refractivity contribution in [2.45, 2.75) is 39.7 Å². The van der Waals surface area contributed by atoms with E-state index in [1.54, 1.807) is 6.26 Å². The van der Waals surface area contributed by atoms with E-state index in [1.807, 2.05) is 17.9 Å². The minimum Gasteiger partial charge on any atom is -0.459 e. The lowest BCUT2D eigenvalue weighted by Crippen LogP contribution is -2.54. The number of furan rings is 1. The van der Waals surface area contributed by atoms with Crippen molar-refractivity contribution in [3.8, 4) is 0 Å². The molecule has 0 spiro atoms. The van der Waals surface area contributed by atoms with E-state index in [4.69, 9.17) is 4.42 Å². The number of benzene rings is 1. The second kappa shape index (κ2) is 7.87. The molecule has 1 aliphatic rings. The van der Waals surface area contributed by atoms with Crippen LogP contribution in [0, 0.1) is 13.8 Å². The van der Waals surface area contributed by atoms with Crippen molar-refractivity contribution in [1.82, 2.24) is 9.80 Å². The first-order valence-corrected chi connectivity index (χ1v) is 9.18. The smallest absolute Gasteiger partial charge is 0.290 e. The number of amides is 1. The minimum absolute atomic E-state index is 0.0227.